The first kappa shape index (κ1) is 101. The van der Waals surface area contributed by atoms with E-state index in [-0.39, 0.29) is 89.1 Å². The Morgan fingerprint density at radius 1 is 0.448 bits per heavy atom. The summed E-state index contributed by atoms with van der Waals surface area (Å²) in [6.45, 7) is 16.1. The molecule has 0 nitrogen and oxygen atoms in total. The van der Waals surface area contributed by atoms with Crippen molar-refractivity contribution < 1.29 is 0 Å². The average molecular weight is 435 g/mol. The highest BCUT2D eigenvalue weighted by Gasteiger charge is 2.13. The Labute approximate surface area is 200 Å². The van der Waals surface area contributed by atoms with Crippen molar-refractivity contribution in [2.24, 2.45) is 11.3 Å². The van der Waals surface area contributed by atoms with Gasteiger partial charge < -0.3 is 0 Å². The largest absolute Gasteiger partial charge is 0.0776 e. The second kappa shape index (κ2) is 70.6. The molecule has 0 spiro atoms. The molecule has 0 saturated heterocycles. The summed E-state index contributed by atoms with van der Waals surface area (Å²) < 4.78 is 0. The third kappa shape index (κ3) is 96.6. The van der Waals surface area contributed by atoms with Crippen molar-refractivity contribution >= 4 is 0 Å². The SMILES string of the molecule is C.C.C.C.C.C.C.C.C.C.C.C.CCCC(C)(C)CCC.CCCC(C)CCC. The molecule has 0 rings (SSSR count). The van der Waals surface area contributed by atoms with Crippen molar-refractivity contribution in [1.29, 1.82) is 0 Å². The Hall–Kier alpha value is 0. The fraction of sp³-hybridized carbons (Fsp3) is 1.00. The minimum atomic E-state index is 0. The molecule has 0 unspecified atom stereocenters. The average Bonchev–Trinajstić information content (AvgIpc) is 2.18. The first-order valence-electron chi connectivity index (χ1n) is 7.93. The van der Waals surface area contributed by atoms with Crippen LogP contribution in [0.1, 0.15) is 189 Å². The predicted octanol–water partition coefficient (Wildman–Crippen LogP) is 14.5. The fourth-order valence-electron chi connectivity index (χ4n) is 2.61. The molecular formula is C29H86. The van der Waals surface area contributed by atoms with E-state index in [2.05, 4.69) is 48.5 Å². The zero-order valence-corrected chi connectivity index (χ0v) is 13.7. The highest BCUT2D eigenvalue weighted by Crippen LogP contribution is 2.27. The van der Waals surface area contributed by atoms with E-state index in [1.54, 1.807) is 0 Å². The maximum absolute atomic E-state index is 2.36. The topological polar surface area (TPSA) is 0 Å². The lowest BCUT2D eigenvalue weighted by atomic mass is 9.84. The van der Waals surface area contributed by atoms with Gasteiger partial charge in [-0.2, -0.15) is 0 Å². The third-order valence-electron chi connectivity index (χ3n) is 3.42. The zero-order valence-electron chi connectivity index (χ0n) is 13.7. The molecule has 0 heterocycles. The smallest absolute Gasteiger partial charge is 0.0354 e. The van der Waals surface area contributed by atoms with Crippen LogP contribution in [-0.2, 0) is 0 Å². The van der Waals surface area contributed by atoms with Gasteiger partial charge in [0.25, 0.3) is 0 Å². The van der Waals surface area contributed by atoms with Gasteiger partial charge in [-0.15, -0.1) is 0 Å². The maximum Gasteiger partial charge on any atom is -0.0354 e. The Bertz CT molecular complexity index is 121. The molecule has 202 valence electrons. The van der Waals surface area contributed by atoms with Gasteiger partial charge in [0.15, 0.2) is 0 Å². The summed E-state index contributed by atoms with van der Waals surface area (Å²) in [7, 11) is 0. The molecule has 0 saturated carbocycles. The monoisotopic (exact) mass is 435 g/mol. The van der Waals surface area contributed by atoms with Crippen LogP contribution in [0.25, 0.3) is 0 Å². The summed E-state index contributed by atoms with van der Waals surface area (Å²) in [6.07, 6.45) is 10.9. The van der Waals surface area contributed by atoms with Crippen molar-refractivity contribution in [3.05, 3.63) is 0 Å². The summed E-state index contributed by atoms with van der Waals surface area (Å²) in [5.41, 5.74) is 0.601. The van der Waals surface area contributed by atoms with E-state index in [9.17, 15) is 0 Å². The van der Waals surface area contributed by atoms with E-state index in [1.165, 1.54) is 51.4 Å². The van der Waals surface area contributed by atoms with Crippen LogP contribution in [0.15, 0.2) is 0 Å². The van der Waals surface area contributed by atoms with E-state index >= 15 is 0 Å². The van der Waals surface area contributed by atoms with Crippen LogP contribution >= 0.6 is 0 Å². The molecule has 0 N–H and O–H groups in total. The van der Waals surface area contributed by atoms with Crippen molar-refractivity contribution in [2.75, 3.05) is 0 Å². The standard InChI is InChI=1S/C9H20.C8H18.12CH4/c1-5-7-9(3,4)8-6-2;1-4-6-8(3)7-5-2;;;;;;;;;;;;/h5-8H2,1-4H3;8H,4-7H2,1-3H3;12*1H4. The summed E-state index contributed by atoms with van der Waals surface area (Å²) >= 11 is 0. The second-order valence-corrected chi connectivity index (χ2v) is 6.35. The molecule has 0 aliphatic heterocycles. The molecule has 0 amide bonds. The van der Waals surface area contributed by atoms with Crippen molar-refractivity contribution in [1.82, 2.24) is 0 Å². The van der Waals surface area contributed by atoms with Gasteiger partial charge in [0.05, 0.1) is 0 Å². The van der Waals surface area contributed by atoms with Gasteiger partial charge in [0, 0.05) is 0 Å². The van der Waals surface area contributed by atoms with Gasteiger partial charge in [-0.05, 0) is 24.2 Å². The summed E-state index contributed by atoms with van der Waals surface area (Å²) in [6, 6.07) is 0. The maximum atomic E-state index is 2.36. The first-order valence-corrected chi connectivity index (χ1v) is 7.93. The highest BCUT2D eigenvalue weighted by molar-refractivity contribution is 4.66. The lowest BCUT2D eigenvalue weighted by molar-refractivity contribution is 0.301. The Kier molecular flexibility index (Phi) is 246. The lowest BCUT2D eigenvalue weighted by Crippen LogP contribution is -2.09. The normalized spacial score (nSPS) is 6.62. The molecule has 0 aromatic rings. The zero-order chi connectivity index (χ0) is 13.7. The summed E-state index contributed by atoms with van der Waals surface area (Å²) in [5.74, 6) is 0.963. The molecule has 0 atom stereocenters. The van der Waals surface area contributed by atoms with Crippen LogP contribution in [-0.4, -0.2) is 0 Å². The molecule has 0 fully saturated rings. The molecule has 0 heteroatoms. The van der Waals surface area contributed by atoms with Gasteiger partial charge in [0.2, 0.25) is 0 Å². The van der Waals surface area contributed by atoms with Crippen LogP contribution < -0.4 is 0 Å². The molecule has 0 aliphatic carbocycles. The molecule has 0 bridgehead atoms. The van der Waals surface area contributed by atoms with E-state index in [0.717, 1.165) is 5.92 Å². The summed E-state index contributed by atoms with van der Waals surface area (Å²) in [5, 5.41) is 0. The van der Waals surface area contributed by atoms with Crippen molar-refractivity contribution in [2.45, 2.75) is 189 Å². The Balaban J connectivity index is -0.00000000917. The second-order valence-electron chi connectivity index (χ2n) is 6.35. The van der Waals surface area contributed by atoms with E-state index in [4.69, 9.17) is 0 Å². The lowest BCUT2D eigenvalue weighted by Gasteiger charge is -2.22. The van der Waals surface area contributed by atoms with Gasteiger partial charge in [0.1, 0.15) is 0 Å². The van der Waals surface area contributed by atoms with Crippen molar-refractivity contribution in [3.8, 4) is 0 Å². The molecule has 29 heavy (non-hydrogen) atoms. The molecule has 0 aromatic carbocycles. The van der Waals surface area contributed by atoms with Crippen LogP contribution in [0.2, 0.25) is 0 Å². The molecule has 0 radical (unpaired) electrons. The van der Waals surface area contributed by atoms with Crippen molar-refractivity contribution in [3.63, 3.8) is 0 Å². The number of hydrogen-bond acceptors (Lipinski definition) is 0. The minimum absolute atomic E-state index is 0. The van der Waals surface area contributed by atoms with Gasteiger partial charge in [-0.1, -0.05) is 176 Å². The quantitative estimate of drug-likeness (QED) is 0.356. The van der Waals surface area contributed by atoms with Gasteiger partial charge >= 0.3 is 0 Å². The predicted molar refractivity (Wildman–Crippen MR) is 163 cm³/mol. The van der Waals surface area contributed by atoms with Crippen LogP contribution in [0.5, 0.6) is 0 Å². The van der Waals surface area contributed by atoms with Gasteiger partial charge in [-0.3, -0.25) is 0 Å². The fourth-order valence-corrected chi connectivity index (χ4v) is 2.61. The minimum Gasteiger partial charge on any atom is -0.0776 e. The third-order valence-corrected chi connectivity index (χ3v) is 3.42. The number of hydrogen-bond donors (Lipinski definition) is 0. The van der Waals surface area contributed by atoms with Crippen LogP contribution in [0.4, 0.5) is 0 Å². The Morgan fingerprint density at radius 2 is 0.655 bits per heavy atom. The molecular weight excluding hydrogens is 348 g/mol. The van der Waals surface area contributed by atoms with E-state index in [1.807, 2.05) is 0 Å². The van der Waals surface area contributed by atoms with Gasteiger partial charge in [-0.25, -0.2) is 0 Å². The van der Waals surface area contributed by atoms with E-state index < -0.39 is 0 Å². The highest BCUT2D eigenvalue weighted by atomic mass is 14.2. The van der Waals surface area contributed by atoms with Crippen LogP contribution in [0.3, 0.4) is 0 Å². The molecule has 0 aliphatic rings. The summed E-state index contributed by atoms with van der Waals surface area (Å²) in [4.78, 5) is 0. The first-order chi connectivity index (χ1) is 7.93. The van der Waals surface area contributed by atoms with E-state index in [0.29, 0.717) is 5.41 Å². The Morgan fingerprint density at radius 3 is 0.793 bits per heavy atom. The number of rotatable bonds is 8. The molecule has 0 aromatic heterocycles. The van der Waals surface area contributed by atoms with Crippen LogP contribution in [0, 0.1) is 11.3 Å².